The van der Waals surface area contributed by atoms with E-state index in [1.165, 1.54) is 19.4 Å². The Hall–Kier alpha value is -0.770. The summed E-state index contributed by atoms with van der Waals surface area (Å²) in [6.45, 7) is 11.2. The van der Waals surface area contributed by atoms with Gasteiger partial charge in [0.05, 0.1) is 0 Å². The molecule has 2 atom stereocenters. The van der Waals surface area contributed by atoms with E-state index in [1.54, 1.807) is 0 Å². The van der Waals surface area contributed by atoms with Crippen LogP contribution in [0, 0.1) is 0 Å². The van der Waals surface area contributed by atoms with Crippen molar-refractivity contribution in [2.45, 2.75) is 71.1 Å². The first-order valence-electron chi connectivity index (χ1n) is 7.66. The number of hydrogen-bond donors (Lipinski definition) is 0. The quantitative estimate of drug-likeness (QED) is 0.789. The van der Waals surface area contributed by atoms with E-state index in [1.807, 2.05) is 25.7 Å². The number of likely N-dealkylation sites (tertiary alicyclic amines) is 2. The minimum absolute atomic E-state index is 0.138. The second-order valence-corrected chi connectivity index (χ2v) is 6.60. The fourth-order valence-electron chi connectivity index (χ4n) is 3.05. The first-order chi connectivity index (χ1) is 8.93. The van der Waals surface area contributed by atoms with Gasteiger partial charge in [0.1, 0.15) is 5.60 Å². The molecule has 0 radical (unpaired) electrons. The molecule has 1 amide bonds. The molecular formula is C15H28N2O2. The van der Waals surface area contributed by atoms with Crippen LogP contribution in [-0.4, -0.2) is 53.2 Å². The van der Waals surface area contributed by atoms with Crippen molar-refractivity contribution in [1.82, 2.24) is 9.80 Å². The number of ether oxygens (including phenoxy) is 1. The summed E-state index contributed by atoms with van der Waals surface area (Å²) in [5.74, 6) is 0. The van der Waals surface area contributed by atoms with Gasteiger partial charge in [0.2, 0.25) is 0 Å². The number of nitrogens with zero attached hydrogens (tertiary/aromatic N) is 2. The Balaban J connectivity index is 1.86. The molecule has 0 aromatic heterocycles. The molecule has 2 aliphatic heterocycles. The summed E-state index contributed by atoms with van der Waals surface area (Å²) in [4.78, 5) is 16.6. The molecule has 2 heterocycles. The van der Waals surface area contributed by atoms with Gasteiger partial charge in [-0.15, -0.1) is 0 Å². The van der Waals surface area contributed by atoms with Crippen molar-refractivity contribution < 1.29 is 9.53 Å². The van der Waals surface area contributed by atoms with Crippen LogP contribution in [-0.2, 0) is 4.74 Å². The van der Waals surface area contributed by atoms with Crippen molar-refractivity contribution in [3.63, 3.8) is 0 Å². The van der Waals surface area contributed by atoms with Crippen LogP contribution < -0.4 is 0 Å². The van der Waals surface area contributed by atoms with Crippen molar-refractivity contribution in [2.24, 2.45) is 0 Å². The summed E-state index contributed by atoms with van der Waals surface area (Å²) in [6.07, 6.45) is 4.39. The van der Waals surface area contributed by atoms with Crippen molar-refractivity contribution in [3.05, 3.63) is 0 Å². The molecule has 0 aliphatic carbocycles. The van der Waals surface area contributed by atoms with E-state index in [-0.39, 0.29) is 11.7 Å². The van der Waals surface area contributed by atoms with Crippen molar-refractivity contribution >= 4 is 6.09 Å². The molecule has 4 nitrogen and oxygen atoms in total. The highest BCUT2D eigenvalue weighted by Crippen LogP contribution is 2.26. The monoisotopic (exact) mass is 268 g/mol. The average molecular weight is 268 g/mol. The smallest absolute Gasteiger partial charge is 0.410 e. The van der Waals surface area contributed by atoms with E-state index in [0.717, 1.165) is 25.9 Å². The van der Waals surface area contributed by atoms with E-state index >= 15 is 0 Å². The van der Waals surface area contributed by atoms with E-state index < -0.39 is 0 Å². The lowest BCUT2D eigenvalue weighted by molar-refractivity contribution is 0.0140. The molecule has 19 heavy (non-hydrogen) atoms. The van der Waals surface area contributed by atoms with Crippen LogP contribution in [0.5, 0.6) is 0 Å². The van der Waals surface area contributed by atoms with E-state index in [0.29, 0.717) is 12.1 Å². The number of hydrogen-bond acceptors (Lipinski definition) is 3. The molecule has 2 saturated heterocycles. The van der Waals surface area contributed by atoms with Gasteiger partial charge in [0.15, 0.2) is 0 Å². The lowest BCUT2D eigenvalue weighted by Gasteiger charge is -2.29. The molecule has 4 heteroatoms. The normalized spacial score (nSPS) is 28.9. The van der Waals surface area contributed by atoms with Crippen LogP contribution in [0.1, 0.15) is 53.4 Å². The Morgan fingerprint density at radius 3 is 2.63 bits per heavy atom. The van der Waals surface area contributed by atoms with Crippen LogP contribution in [0.15, 0.2) is 0 Å². The molecule has 110 valence electrons. The van der Waals surface area contributed by atoms with Gasteiger partial charge in [-0.25, -0.2) is 4.79 Å². The third-order valence-electron chi connectivity index (χ3n) is 4.71. The third-order valence-corrected chi connectivity index (χ3v) is 4.71. The number of amides is 1. The topological polar surface area (TPSA) is 32.8 Å². The number of rotatable bonds is 3. The SMILES string of the molecule is CCC(C)(C)OC(=O)N1CC[C@H](N2CCC[C@@H]2C)C1. The summed E-state index contributed by atoms with van der Waals surface area (Å²) in [5.41, 5.74) is -0.351. The predicted molar refractivity (Wildman–Crippen MR) is 76.2 cm³/mol. The summed E-state index contributed by atoms with van der Waals surface area (Å²) in [6, 6.07) is 1.21. The maximum Gasteiger partial charge on any atom is 0.410 e. The second kappa shape index (κ2) is 5.70. The Labute approximate surface area is 117 Å². The fraction of sp³-hybridized carbons (Fsp3) is 0.933. The molecule has 0 spiro atoms. The maximum absolute atomic E-state index is 12.1. The standard InChI is InChI=1S/C15H28N2O2/c1-5-15(3,4)19-14(18)16-10-8-13(11-16)17-9-6-7-12(17)2/h12-13H,5-11H2,1-4H3/t12-,13-/m0/s1. The zero-order valence-corrected chi connectivity index (χ0v) is 12.8. The van der Waals surface area contributed by atoms with Crippen LogP contribution >= 0.6 is 0 Å². The maximum atomic E-state index is 12.1. The van der Waals surface area contributed by atoms with Crippen molar-refractivity contribution in [1.29, 1.82) is 0 Å². The average Bonchev–Trinajstić information content (AvgIpc) is 2.96. The van der Waals surface area contributed by atoms with Gasteiger partial charge in [-0.3, -0.25) is 4.90 Å². The van der Waals surface area contributed by atoms with E-state index in [9.17, 15) is 4.79 Å². The zero-order chi connectivity index (χ0) is 14.0. The lowest BCUT2D eigenvalue weighted by atomic mass is 10.1. The van der Waals surface area contributed by atoms with Crippen molar-refractivity contribution in [3.8, 4) is 0 Å². The highest BCUT2D eigenvalue weighted by Gasteiger charge is 2.36. The summed E-state index contributed by atoms with van der Waals surface area (Å²) >= 11 is 0. The van der Waals surface area contributed by atoms with E-state index in [4.69, 9.17) is 4.74 Å². The highest BCUT2D eigenvalue weighted by molar-refractivity contribution is 5.68. The number of carbonyl (C=O) groups excluding carboxylic acids is 1. The van der Waals surface area contributed by atoms with Crippen LogP contribution in [0.25, 0.3) is 0 Å². The predicted octanol–water partition coefficient (Wildman–Crippen LogP) is 2.87. The molecule has 2 rings (SSSR count). The first kappa shape index (κ1) is 14.6. The Morgan fingerprint density at radius 2 is 2.05 bits per heavy atom. The summed E-state index contributed by atoms with van der Waals surface area (Å²) in [7, 11) is 0. The molecule has 0 aromatic carbocycles. The number of carbonyl (C=O) groups is 1. The zero-order valence-electron chi connectivity index (χ0n) is 12.8. The molecule has 2 aliphatic rings. The molecule has 0 aromatic rings. The third kappa shape index (κ3) is 3.41. The Bertz CT molecular complexity index is 330. The molecule has 0 saturated carbocycles. The Morgan fingerprint density at radius 1 is 1.32 bits per heavy atom. The second-order valence-electron chi connectivity index (χ2n) is 6.60. The molecule has 0 N–H and O–H groups in total. The van der Waals surface area contributed by atoms with Gasteiger partial charge >= 0.3 is 6.09 Å². The van der Waals surface area contributed by atoms with Gasteiger partial charge in [-0.2, -0.15) is 0 Å². The molecule has 0 unspecified atom stereocenters. The van der Waals surface area contributed by atoms with Gasteiger partial charge in [-0.1, -0.05) is 6.92 Å². The lowest BCUT2D eigenvalue weighted by Crippen LogP contribution is -2.42. The summed E-state index contributed by atoms with van der Waals surface area (Å²) < 4.78 is 5.58. The van der Waals surface area contributed by atoms with Crippen LogP contribution in [0.3, 0.4) is 0 Å². The van der Waals surface area contributed by atoms with Gasteiger partial charge in [0, 0.05) is 25.2 Å². The van der Waals surface area contributed by atoms with Crippen molar-refractivity contribution in [2.75, 3.05) is 19.6 Å². The van der Waals surface area contributed by atoms with Gasteiger partial charge in [0.25, 0.3) is 0 Å². The summed E-state index contributed by atoms with van der Waals surface area (Å²) in [5, 5.41) is 0. The van der Waals surface area contributed by atoms with Gasteiger partial charge in [-0.05, 0) is 53.0 Å². The Kier molecular flexibility index (Phi) is 4.39. The van der Waals surface area contributed by atoms with Gasteiger partial charge < -0.3 is 9.64 Å². The minimum Gasteiger partial charge on any atom is -0.443 e. The molecule has 0 bridgehead atoms. The van der Waals surface area contributed by atoms with Crippen LogP contribution in [0.2, 0.25) is 0 Å². The largest absolute Gasteiger partial charge is 0.443 e. The first-order valence-corrected chi connectivity index (χ1v) is 7.66. The molecule has 2 fully saturated rings. The minimum atomic E-state index is -0.351. The van der Waals surface area contributed by atoms with E-state index in [2.05, 4.69) is 11.8 Å². The highest BCUT2D eigenvalue weighted by atomic mass is 16.6. The van der Waals surface area contributed by atoms with Crippen LogP contribution in [0.4, 0.5) is 4.79 Å². The molecular weight excluding hydrogens is 240 g/mol. The fourth-order valence-corrected chi connectivity index (χ4v) is 3.05.